The van der Waals surface area contributed by atoms with Gasteiger partial charge in [0.05, 0.1) is 21.7 Å². The number of thiazole rings is 1. The molecule has 9 heteroatoms. The summed E-state index contributed by atoms with van der Waals surface area (Å²) in [5.41, 5.74) is 3.59. The van der Waals surface area contributed by atoms with Crippen molar-refractivity contribution in [2.75, 3.05) is 17.2 Å². The molecule has 1 unspecified atom stereocenters. The number of hydrogen-bond donors (Lipinski definition) is 2. The summed E-state index contributed by atoms with van der Waals surface area (Å²) < 4.78 is 28.9. The molecule has 2 fully saturated rings. The third-order valence-corrected chi connectivity index (χ3v) is 7.68. The van der Waals surface area contributed by atoms with Crippen LogP contribution in [0.3, 0.4) is 0 Å². The van der Waals surface area contributed by atoms with Crippen molar-refractivity contribution in [3.63, 3.8) is 0 Å². The van der Waals surface area contributed by atoms with Crippen molar-refractivity contribution >= 4 is 33.3 Å². The second-order valence-corrected chi connectivity index (χ2v) is 10.4. The van der Waals surface area contributed by atoms with Crippen molar-refractivity contribution in [3.8, 4) is 22.9 Å². The van der Waals surface area contributed by atoms with Crippen molar-refractivity contribution in [2.45, 2.75) is 70.3 Å². The first-order chi connectivity index (χ1) is 16.3. The Labute approximate surface area is 202 Å². The van der Waals surface area contributed by atoms with E-state index < -0.39 is 11.8 Å². The largest absolute Gasteiger partial charge is 0.367 e. The minimum absolute atomic E-state index is 0.0829. The molecule has 3 heterocycles. The summed E-state index contributed by atoms with van der Waals surface area (Å²) in [5, 5.41) is 7.45. The Morgan fingerprint density at radius 2 is 2.03 bits per heavy atom. The van der Waals surface area contributed by atoms with E-state index in [4.69, 9.17) is 16.4 Å². The highest BCUT2D eigenvalue weighted by Crippen LogP contribution is 2.45. The van der Waals surface area contributed by atoms with E-state index in [9.17, 15) is 8.78 Å². The molecule has 2 saturated carbocycles. The Kier molecular flexibility index (Phi) is 6.11. The lowest BCUT2D eigenvalue weighted by Gasteiger charge is -2.20. The van der Waals surface area contributed by atoms with E-state index in [0.717, 1.165) is 51.9 Å². The summed E-state index contributed by atoms with van der Waals surface area (Å²) >= 11 is 1.59. The van der Waals surface area contributed by atoms with Gasteiger partial charge in [-0.2, -0.15) is 4.98 Å². The van der Waals surface area contributed by atoms with Crippen LogP contribution in [0.1, 0.15) is 62.8 Å². The second kappa shape index (κ2) is 9.06. The molecule has 0 saturated heterocycles. The number of rotatable bonds is 8. The third-order valence-electron chi connectivity index (χ3n) is 6.65. The van der Waals surface area contributed by atoms with Crippen molar-refractivity contribution in [2.24, 2.45) is 5.92 Å². The van der Waals surface area contributed by atoms with Crippen LogP contribution < -0.4 is 10.6 Å². The zero-order chi connectivity index (χ0) is 23.9. The number of aromatic nitrogens is 4. The zero-order valence-corrected chi connectivity index (χ0v) is 20.2. The van der Waals surface area contributed by atoms with E-state index in [1.54, 1.807) is 11.3 Å². The maximum Gasteiger partial charge on any atom is 0.248 e. The molecule has 178 valence electrons. The fourth-order valence-corrected chi connectivity index (χ4v) is 5.73. The molecule has 0 aromatic carbocycles. The van der Waals surface area contributed by atoms with Gasteiger partial charge in [0.1, 0.15) is 16.3 Å². The third kappa shape index (κ3) is 4.69. The average Bonchev–Trinajstić information content (AvgIpc) is 3.35. The highest BCUT2D eigenvalue weighted by atomic mass is 32.1. The van der Waals surface area contributed by atoms with E-state index in [-0.39, 0.29) is 6.04 Å². The highest BCUT2D eigenvalue weighted by Gasteiger charge is 2.40. The van der Waals surface area contributed by atoms with Crippen LogP contribution in [-0.4, -0.2) is 38.4 Å². The summed E-state index contributed by atoms with van der Waals surface area (Å²) in [6.07, 6.45) is 11.6. The molecule has 2 aliphatic carbocycles. The molecule has 3 aromatic rings. The molecule has 0 radical (unpaired) electrons. The summed E-state index contributed by atoms with van der Waals surface area (Å²) in [6, 6.07) is 1.91. The first-order valence-corrected chi connectivity index (χ1v) is 12.6. The van der Waals surface area contributed by atoms with Crippen LogP contribution in [0.15, 0.2) is 12.3 Å². The van der Waals surface area contributed by atoms with Crippen molar-refractivity contribution in [1.82, 2.24) is 19.9 Å². The number of hydrogen-bond acceptors (Lipinski definition) is 7. The Morgan fingerprint density at radius 3 is 2.74 bits per heavy atom. The van der Waals surface area contributed by atoms with Gasteiger partial charge in [-0.3, -0.25) is 4.98 Å². The predicted octanol–water partition coefficient (Wildman–Crippen LogP) is 6.01. The van der Waals surface area contributed by atoms with Gasteiger partial charge in [-0.25, -0.2) is 18.7 Å². The number of terminal acetylenes is 1. The standard InChI is InChI=1S/C25H28F2N6S/c1-4-5-11-29-24-30-14(2)19(22(33-24)31-17-9-8-16(13-17)25(3,26)27)23-32-21-18(34-23)10-12-28-20(21)15-6-7-15/h1,10,12,15-17H,5-9,11,13H2,2-3H3,(H2,29,30,31,33)/t16-,17?/m0/s1. The van der Waals surface area contributed by atoms with Crippen LogP contribution in [0.2, 0.25) is 0 Å². The van der Waals surface area contributed by atoms with E-state index in [1.165, 1.54) is 0 Å². The lowest BCUT2D eigenvalue weighted by molar-refractivity contribution is -0.0369. The highest BCUT2D eigenvalue weighted by molar-refractivity contribution is 7.21. The number of aryl methyl sites for hydroxylation is 1. The second-order valence-electron chi connectivity index (χ2n) is 9.38. The molecular formula is C25H28F2N6S. The van der Waals surface area contributed by atoms with Gasteiger partial charge in [-0.15, -0.1) is 23.7 Å². The van der Waals surface area contributed by atoms with E-state index >= 15 is 0 Å². The van der Waals surface area contributed by atoms with Gasteiger partial charge in [0, 0.05) is 37.0 Å². The molecule has 3 aromatic heterocycles. The first kappa shape index (κ1) is 22.9. The van der Waals surface area contributed by atoms with Crippen LogP contribution in [0.25, 0.3) is 20.8 Å². The Hall–Kier alpha value is -2.86. The number of fused-ring (bicyclic) bond motifs is 1. The molecule has 2 N–H and O–H groups in total. The number of halogens is 2. The summed E-state index contributed by atoms with van der Waals surface area (Å²) in [4.78, 5) is 18.9. The molecule has 6 nitrogen and oxygen atoms in total. The smallest absolute Gasteiger partial charge is 0.248 e. The topological polar surface area (TPSA) is 75.6 Å². The van der Waals surface area contributed by atoms with Crippen molar-refractivity contribution in [1.29, 1.82) is 0 Å². The van der Waals surface area contributed by atoms with E-state index in [2.05, 4.69) is 26.5 Å². The molecule has 5 rings (SSSR count). The number of anilines is 2. The number of nitrogens with one attached hydrogen (secondary N) is 2. The maximum absolute atomic E-state index is 13.9. The molecule has 0 amide bonds. The molecule has 0 aliphatic heterocycles. The Bertz CT molecular complexity index is 1240. The fourth-order valence-electron chi connectivity index (χ4n) is 4.66. The quantitative estimate of drug-likeness (QED) is 0.303. The Balaban J connectivity index is 1.51. The van der Waals surface area contributed by atoms with Crippen LogP contribution in [-0.2, 0) is 0 Å². The number of nitrogens with zero attached hydrogens (tertiary/aromatic N) is 4. The number of pyridine rings is 1. The van der Waals surface area contributed by atoms with Crippen molar-refractivity contribution in [3.05, 3.63) is 23.7 Å². The first-order valence-electron chi connectivity index (χ1n) is 11.8. The predicted molar refractivity (Wildman–Crippen MR) is 132 cm³/mol. The SMILES string of the molecule is C#CCCNc1nc(C)c(-c2nc3c(C4CC4)nccc3s2)c(NC2CC[C@H](C(C)(F)F)C2)n1. The van der Waals surface area contributed by atoms with Crippen molar-refractivity contribution < 1.29 is 8.78 Å². The monoisotopic (exact) mass is 482 g/mol. The van der Waals surface area contributed by atoms with Gasteiger partial charge >= 0.3 is 0 Å². The summed E-state index contributed by atoms with van der Waals surface area (Å²) in [7, 11) is 0. The molecule has 0 bridgehead atoms. The Morgan fingerprint density at radius 1 is 1.21 bits per heavy atom. The summed E-state index contributed by atoms with van der Waals surface area (Å²) in [5.74, 6) is 0.876. The summed E-state index contributed by atoms with van der Waals surface area (Å²) in [6.45, 7) is 3.50. The zero-order valence-electron chi connectivity index (χ0n) is 19.4. The number of alkyl halides is 2. The normalized spacial score (nSPS) is 20.4. The molecular weight excluding hydrogens is 454 g/mol. The molecule has 34 heavy (non-hydrogen) atoms. The van der Waals surface area contributed by atoms with Gasteiger partial charge < -0.3 is 10.6 Å². The van der Waals surface area contributed by atoms with Crippen LogP contribution in [0, 0.1) is 25.2 Å². The minimum atomic E-state index is -2.68. The van der Waals surface area contributed by atoms with Gasteiger partial charge in [-0.05, 0) is 52.0 Å². The van der Waals surface area contributed by atoms with Crippen LogP contribution in [0.5, 0.6) is 0 Å². The maximum atomic E-state index is 13.9. The van der Waals surface area contributed by atoms with Crippen LogP contribution >= 0.6 is 11.3 Å². The van der Waals surface area contributed by atoms with Gasteiger partial charge in [0.25, 0.3) is 0 Å². The lowest BCUT2D eigenvalue weighted by atomic mass is 10.0. The minimum Gasteiger partial charge on any atom is -0.367 e. The average molecular weight is 483 g/mol. The molecule has 2 atom stereocenters. The van der Waals surface area contributed by atoms with Gasteiger partial charge in [0.2, 0.25) is 11.9 Å². The van der Waals surface area contributed by atoms with Gasteiger partial charge in [-0.1, -0.05) is 0 Å². The van der Waals surface area contributed by atoms with Gasteiger partial charge in [0.15, 0.2) is 0 Å². The molecule has 2 aliphatic rings. The fraction of sp³-hybridized carbons (Fsp3) is 0.520. The molecule has 0 spiro atoms. The van der Waals surface area contributed by atoms with E-state index in [1.807, 2.05) is 19.2 Å². The van der Waals surface area contributed by atoms with E-state index in [0.29, 0.717) is 49.9 Å². The van der Waals surface area contributed by atoms with Crippen LogP contribution in [0.4, 0.5) is 20.5 Å². The lowest BCUT2D eigenvalue weighted by Crippen LogP contribution is -2.24.